The van der Waals surface area contributed by atoms with Gasteiger partial charge in [-0.15, -0.1) is 0 Å². The quantitative estimate of drug-likeness (QED) is 0.620. The van der Waals surface area contributed by atoms with Crippen LogP contribution in [0.15, 0.2) is 24.5 Å². The Hall–Kier alpha value is -0.0516. The normalized spacial score (nSPS) is 9.46. The van der Waals surface area contributed by atoms with Gasteiger partial charge in [-0.05, 0) is 12.1 Å². The molecular weight excluding hydrogens is 256 g/mol. The zero-order valence-electron chi connectivity index (χ0n) is 7.38. The van der Waals surface area contributed by atoms with Gasteiger partial charge in [0, 0.05) is 44.6 Å². The summed E-state index contributed by atoms with van der Waals surface area (Å²) in [4.78, 5) is 11.1. The van der Waals surface area contributed by atoms with Gasteiger partial charge in [0.15, 0.2) is 0 Å². The van der Waals surface area contributed by atoms with Crippen molar-refractivity contribution < 1.29 is 18.5 Å². The van der Waals surface area contributed by atoms with Crippen molar-refractivity contribution in [1.82, 2.24) is 4.98 Å². The van der Waals surface area contributed by atoms with Crippen LogP contribution in [0, 0.1) is 0 Å². The third kappa shape index (κ3) is 9.87. The number of aromatic nitrogens is 1. The van der Waals surface area contributed by atoms with Crippen molar-refractivity contribution in [2.45, 2.75) is 0 Å². The van der Waals surface area contributed by atoms with E-state index < -0.39 is 7.82 Å². The number of H-pyrrole nitrogens is 1. The molecule has 0 amide bonds. The van der Waals surface area contributed by atoms with Gasteiger partial charge >= 0.3 is 7.82 Å². The molecule has 0 saturated heterocycles. The van der Waals surface area contributed by atoms with E-state index in [2.05, 4.69) is 14.0 Å². The molecule has 0 aromatic carbocycles. The third-order valence-electron chi connectivity index (χ3n) is 0.957. The van der Waals surface area contributed by atoms with E-state index >= 15 is 0 Å². The van der Waals surface area contributed by atoms with Crippen molar-refractivity contribution >= 4 is 25.8 Å². The predicted molar refractivity (Wildman–Crippen MR) is 50.4 cm³/mol. The van der Waals surface area contributed by atoms with Crippen LogP contribution in [-0.2, 0) is 13.6 Å². The van der Waals surface area contributed by atoms with Crippen LogP contribution in [0.3, 0.4) is 0 Å². The van der Waals surface area contributed by atoms with Crippen LogP contribution in [0.4, 0.5) is 0 Å². The Morgan fingerprint density at radius 1 is 1.23 bits per heavy atom. The molecule has 0 saturated carbocycles. The standard InChI is InChI=1S/C4H5N.C2H7O4P.As/c1-2-4-5-3-1;1-5-7(3,4)6-2;/h1-5H;1-2H3,(H,3,4);. The maximum absolute atomic E-state index is 10.1. The minimum atomic E-state index is -3.65. The molecule has 0 aliphatic heterocycles. The van der Waals surface area contributed by atoms with Crippen molar-refractivity contribution in [3.05, 3.63) is 24.5 Å². The molecule has 0 spiro atoms. The van der Waals surface area contributed by atoms with Crippen LogP contribution in [0.5, 0.6) is 0 Å². The Morgan fingerprint density at radius 3 is 1.69 bits per heavy atom. The van der Waals surface area contributed by atoms with Gasteiger partial charge in [-0.25, -0.2) is 4.57 Å². The summed E-state index contributed by atoms with van der Waals surface area (Å²) in [5, 5.41) is 0. The topological polar surface area (TPSA) is 71.6 Å². The Bertz CT molecular complexity index is 203. The number of phosphoric acid groups is 1. The number of phosphoric ester groups is 1. The van der Waals surface area contributed by atoms with Crippen LogP contribution in [0.1, 0.15) is 0 Å². The fourth-order valence-electron chi connectivity index (χ4n) is 0.352. The van der Waals surface area contributed by atoms with Crippen molar-refractivity contribution in [2.75, 3.05) is 14.2 Å². The molecule has 3 radical (unpaired) electrons. The molecule has 0 unspecified atom stereocenters. The zero-order valence-corrected chi connectivity index (χ0v) is 10.1. The van der Waals surface area contributed by atoms with Crippen LogP contribution in [-0.4, -0.2) is 42.1 Å². The first-order valence-corrected chi connectivity index (χ1v) is 4.64. The Kier molecular flexibility index (Phi) is 10.1. The van der Waals surface area contributed by atoms with Gasteiger partial charge in [0.1, 0.15) is 0 Å². The smallest absolute Gasteiger partial charge is 0.368 e. The summed E-state index contributed by atoms with van der Waals surface area (Å²) >= 11 is 0. The van der Waals surface area contributed by atoms with Gasteiger partial charge in [0.2, 0.25) is 0 Å². The number of hydrogen-bond acceptors (Lipinski definition) is 3. The first-order chi connectivity index (χ1) is 5.62. The van der Waals surface area contributed by atoms with Gasteiger partial charge in [0.25, 0.3) is 0 Å². The molecule has 1 aromatic rings. The zero-order chi connectivity index (χ0) is 9.45. The summed E-state index contributed by atoms with van der Waals surface area (Å²) in [5.74, 6) is 0. The minimum Gasteiger partial charge on any atom is -0.368 e. The number of hydrogen-bond donors (Lipinski definition) is 2. The van der Waals surface area contributed by atoms with E-state index in [0.29, 0.717) is 0 Å². The van der Waals surface area contributed by atoms with Crippen molar-refractivity contribution in [3.63, 3.8) is 0 Å². The van der Waals surface area contributed by atoms with E-state index in [1.165, 1.54) is 0 Å². The van der Waals surface area contributed by atoms with E-state index in [9.17, 15) is 4.57 Å². The fraction of sp³-hybridized carbons (Fsp3) is 0.333. The van der Waals surface area contributed by atoms with E-state index in [1.807, 2.05) is 24.5 Å². The second-order valence-corrected chi connectivity index (χ2v) is 3.39. The second-order valence-electron chi connectivity index (χ2n) is 1.72. The van der Waals surface area contributed by atoms with E-state index in [0.717, 1.165) is 14.2 Å². The Balaban J connectivity index is 0. The predicted octanol–water partition coefficient (Wildman–Crippen LogP) is 1.01. The summed E-state index contributed by atoms with van der Waals surface area (Å²) in [6.45, 7) is 0. The van der Waals surface area contributed by atoms with Gasteiger partial charge in [-0.1, -0.05) is 0 Å². The maximum atomic E-state index is 10.1. The molecule has 7 heteroatoms. The fourth-order valence-corrected chi connectivity index (χ4v) is 0.501. The first-order valence-electron chi connectivity index (χ1n) is 3.14. The summed E-state index contributed by atoms with van der Waals surface area (Å²) in [5.41, 5.74) is 0. The average molecular weight is 268 g/mol. The van der Waals surface area contributed by atoms with Crippen LogP contribution in [0.25, 0.3) is 0 Å². The second kappa shape index (κ2) is 8.54. The molecule has 5 nitrogen and oxygen atoms in total. The molecular formula is C6H12AsNO4P. The Labute approximate surface area is 88.4 Å². The molecule has 0 aliphatic carbocycles. The van der Waals surface area contributed by atoms with Gasteiger partial charge in [-0.2, -0.15) is 0 Å². The molecule has 0 aliphatic rings. The molecule has 0 fully saturated rings. The van der Waals surface area contributed by atoms with Crippen molar-refractivity contribution in [2.24, 2.45) is 0 Å². The van der Waals surface area contributed by atoms with E-state index in [-0.39, 0.29) is 18.0 Å². The summed E-state index contributed by atoms with van der Waals surface area (Å²) in [6, 6.07) is 3.89. The van der Waals surface area contributed by atoms with Gasteiger partial charge in [-0.3, -0.25) is 9.05 Å². The van der Waals surface area contributed by atoms with Crippen LogP contribution in [0.2, 0.25) is 0 Å². The largest absolute Gasteiger partial charge is 0.471 e. The van der Waals surface area contributed by atoms with Crippen LogP contribution < -0.4 is 0 Å². The molecule has 0 atom stereocenters. The SMILES string of the molecule is COP(=O)(O)OC.[As].c1cc[nH]c1. The molecule has 1 heterocycles. The molecule has 13 heavy (non-hydrogen) atoms. The van der Waals surface area contributed by atoms with Gasteiger partial charge in [0.05, 0.1) is 0 Å². The Morgan fingerprint density at radius 2 is 1.62 bits per heavy atom. The molecule has 1 aromatic heterocycles. The molecule has 2 N–H and O–H groups in total. The summed E-state index contributed by atoms with van der Waals surface area (Å²) in [7, 11) is -1.45. The van der Waals surface area contributed by atoms with Crippen molar-refractivity contribution in [1.29, 1.82) is 0 Å². The number of rotatable bonds is 2. The number of nitrogens with one attached hydrogen (secondary N) is 1. The molecule has 1 rings (SSSR count). The van der Waals surface area contributed by atoms with E-state index in [4.69, 9.17) is 4.89 Å². The molecule has 75 valence electrons. The summed E-state index contributed by atoms with van der Waals surface area (Å²) < 4.78 is 18.0. The van der Waals surface area contributed by atoms with E-state index in [1.54, 1.807) is 0 Å². The minimum absolute atomic E-state index is 0. The number of aromatic amines is 1. The molecule has 0 bridgehead atoms. The monoisotopic (exact) mass is 268 g/mol. The maximum Gasteiger partial charge on any atom is 0.471 e. The van der Waals surface area contributed by atoms with Crippen LogP contribution >= 0.6 is 7.82 Å². The first kappa shape index (κ1) is 15.4. The average Bonchev–Trinajstić information content (AvgIpc) is 2.62. The van der Waals surface area contributed by atoms with Crippen molar-refractivity contribution in [3.8, 4) is 0 Å². The van der Waals surface area contributed by atoms with Gasteiger partial charge < -0.3 is 9.88 Å². The summed E-state index contributed by atoms with van der Waals surface area (Å²) in [6.07, 6.45) is 3.75. The third-order valence-corrected chi connectivity index (χ3v) is 1.88.